The Balaban J connectivity index is 4.63. The Morgan fingerprint density at radius 2 is 1.67 bits per heavy atom. The molecule has 0 aromatic rings. The largest absolute Gasteiger partial charge is 0.423 e. The summed E-state index contributed by atoms with van der Waals surface area (Å²) >= 11 is 0. The van der Waals surface area contributed by atoms with Gasteiger partial charge >= 0.3 is 8.60 Å². The van der Waals surface area contributed by atoms with Gasteiger partial charge in [0.1, 0.15) is 10.5 Å². The van der Waals surface area contributed by atoms with Gasteiger partial charge in [0, 0.05) is 14.2 Å². The number of hydrogen-bond donors (Lipinski definition) is 2. The number of ether oxygens (including phenoxy) is 2. The monoisotopic (exact) mass is 258 g/mol. The van der Waals surface area contributed by atoms with Crippen LogP contribution in [0, 0.1) is 0 Å². The quantitative estimate of drug-likeness (QED) is 0.368. The Morgan fingerprint density at radius 1 is 1.20 bits per heavy atom. The van der Waals surface area contributed by atoms with E-state index >= 15 is 0 Å². The predicted molar refractivity (Wildman–Crippen MR) is 58.9 cm³/mol. The van der Waals surface area contributed by atoms with Gasteiger partial charge in [-0.25, -0.2) is 0 Å². The number of rotatable bonds is 7. The first-order valence-electron chi connectivity index (χ1n) is 4.33. The summed E-state index contributed by atoms with van der Waals surface area (Å²) in [5.74, 6) is -1.48. The van der Waals surface area contributed by atoms with E-state index in [1.807, 2.05) is 13.8 Å². The lowest BCUT2D eigenvalue weighted by Crippen LogP contribution is -2.43. The molecule has 0 fully saturated rings. The third-order valence-electron chi connectivity index (χ3n) is 2.04. The molecule has 0 aromatic heterocycles. The molecule has 0 atom stereocenters. The SMILES string of the molecule is COC(CC(C)(C)O[SiH3])(OC)OP(O)O. The summed E-state index contributed by atoms with van der Waals surface area (Å²) in [4.78, 5) is 17.7. The van der Waals surface area contributed by atoms with Gasteiger partial charge in [0.05, 0.1) is 12.0 Å². The first kappa shape index (κ1) is 15.4. The van der Waals surface area contributed by atoms with Gasteiger partial charge in [-0.3, -0.25) is 4.52 Å². The molecule has 0 spiro atoms. The molecule has 0 aliphatic carbocycles. The highest BCUT2D eigenvalue weighted by Gasteiger charge is 2.40. The Kier molecular flexibility index (Phi) is 6.39. The molecule has 0 saturated heterocycles. The minimum Gasteiger partial charge on any atom is -0.423 e. The van der Waals surface area contributed by atoms with Crippen molar-refractivity contribution in [3.63, 3.8) is 0 Å². The van der Waals surface area contributed by atoms with Crippen LogP contribution in [0.3, 0.4) is 0 Å². The zero-order chi connectivity index (χ0) is 12.1. The highest BCUT2D eigenvalue weighted by atomic mass is 31.2. The van der Waals surface area contributed by atoms with Gasteiger partial charge < -0.3 is 23.7 Å². The topological polar surface area (TPSA) is 77.4 Å². The van der Waals surface area contributed by atoms with Crippen LogP contribution in [0.5, 0.6) is 0 Å². The molecule has 2 N–H and O–H groups in total. The summed E-state index contributed by atoms with van der Waals surface area (Å²) in [6.07, 6.45) is 0.233. The smallest absolute Gasteiger partial charge is 0.331 e. The van der Waals surface area contributed by atoms with E-state index in [0.717, 1.165) is 0 Å². The minimum absolute atomic E-state index is 0.233. The van der Waals surface area contributed by atoms with E-state index in [-0.39, 0.29) is 6.42 Å². The van der Waals surface area contributed by atoms with Crippen LogP contribution in [0.25, 0.3) is 0 Å². The van der Waals surface area contributed by atoms with E-state index in [2.05, 4.69) is 0 Å². The Hall–Kier alpha value is 0.407. The van der Waals surface area contributed by atoms with Gasteiger partial charge in [0.15, 0.2) is 0 Å². The van der Waals surface area contributed by atoms with E-state index < -0.39 is 20.2 Å². The van der Waals surface area contributed by atoms with E-state index in [1.165, 1.54) is 14.2 Å². The van der Waals surface area contributed by atoms with Gasteiger partial charge in [-0.2, -0.15) is 0 Å². The lowest BCUT2D eigenvalue weighted by Gasteiger charge is -2.36. The molecule has 0 rings (SSSR count). The molecule has 0 aromatic carbocycles. The van der Waals surface area contributed by atoms with Crippen LogP contribution in [0.4, 0.5) is 0 Å². The fraction of sp³-hybridized carbons (Fsp3) is 1.00. The number of methoxy groups -OCH3 is 2. The van der Waals surface area contributed by atoms with Crippen molar-refractivity contribution in [1.82, 2.24) is 0 Å². The van der Waals surface area contributed by atoms with Crippen LogP contribution in [0.15, 0.2) is 0 Å². The summed E-state index contributed by atoms with van der Waals surface area (Å²) in [5.41, 5.74) is -0.510. The Morgan fingerprint density at radius 3 is 1.93 bits per heavy atom. The van der Waals surface area contributed by atoms with Gasteiger partial charge in [0.2, 0.25) is 0 Å². The second-order valence-corrected chi connectivity index (χ2v) is 4.67. The lowest BCUT2D eigenvalue weighted by molar-refractivity contribution is -0.338. The third-order valence-corrected chi connectivity index (χ3v) is 3.58. The Bertz CT molecular complexity index is 184. The normalized spacial score (nSPS) is 13.8. The second kappa shape index (κ2) is 6.22. The molecule has 0 bridgehead atoms. The van der Waals surface area contributed by atoms with E-state index in [9.17, 15) is 0 Å². The maximum Gasteiger partial charge on any atom is 0.331 e. The molecule has 6 nitrogen and oxygen atoms in total. The van der Waals surface area contributed by atoms with Gasteiger partial charge in [-0.15, -0.1) is 0 Å². The molecular formula is C7H19O6PSi. The molecule has 0 amide bonds. The van der Waals surface area contributed by atoms with Crippen molar-refractivity contribution in [2.24, 2.45) is 0 Å². The molecule has 0 unspecified atom stereocenters. The van der Waals surface area contributed by atoms with E-state index in [1.54, 1.807) is 0 Å². The number of hydrogen-bond acceptors (Lipinski definition) is 6. The zero-order valence-corrected chi connectivity index (χ0v) is 12.6. The van der Waals surface area contributed by atoms with Crippen molar-refractivity contribution in [3.05, 3.63) is 0 Å². The molecule has 92 valence electrons. The van der Waals surface area contributed by atoms with Crippen LogP contribution >= 0.6 is 8.60 Å². The van der Waals surface area contributed by atoms with Crippen molar-refractivity contribution in [2.75, 3.05) is 14.2 Å². The van der Waals surface area contributed by atoms with E-state index in [4.69, 9.17) is 28.2 Å². The molecule has 0 radical (unpaired) electrons. The molecule has 0 aliphatic heterocycles. The fourth-order valence-corrected chi connectivity index (χ4v) is 1.66. The van der Waals surface area contributed by atoms with Crippen LogP contribution in [-0.2, 0) is 18.4 Å². The highest BCUT2D eigenvalue weighted by Crippen LogP contribution is 2.38. The molecule has 8 heteroatoms. The highest BCUT2D eigenvalue weighted by molar-refractivity contribution is 7.39. The first-order chi connectivity index (χ1) is 6.81. The van der Waals surface area contributed by atoms with Gasteiger partial charge in [-0.1, -0.05) is 0 Å². The minimum atomic E-state index is -2.55. The van der Waals surface area contributed by atoms with Crippen molar-refractivity contribution in [2.45, 2.75) is 31.8 Å². The lowest BCUT2D eigenvalue weighted by atomic mass is 10.0. The summed E-state index contributed by atoms with van der Waals surface area (Å²) in [7, 11) is 0.739. The molecule has 0 heterocycles. The van der Waals surface area contributed by atoms with Crippen molar-refractivity contribution in [3.8, 4) is 0 Å². The van der Waals surface area contributed by atoms with Gasteiger partial charge in [-0.05, 0) is 13.8 Å². The molecule has 15 heavy (non-hydrogen) atoms. The fourth-order valence-electron chi connectivity index (χ4n) is 1.05. The maximum atomic E-state index is 8.83. The maximum absolute atomic E-state index is 8.83. The van der Waals surface area contributed by atoms with E-state index in [0.29, 0.717) is 10.5 Å². The average molecular weight is 258 g/mol. The van der Waals surface area contributed by atoms with Crippen molar-refractivity contribution < 1.29 is 28.2 Å². The zero-order valence-electron chi connectivity index (χ0n) is 9.68. The first-order valence-corrected chi connectivity index (χ1v) is 6.31. The molecular weight excluding hydrogens is 239 g/mol. The van der Waals surface area contributed by atoms with Crippen LogP contribution < -0.4 is 0 Å². The summed E-state index contributed by atoms with van der Waals surface area (Å²) in [5, 5.41) is 0. The predicted octanol–water partition coefficient (Wildman–Crippen LogP) is -0.373. The third kappa shape index (κ3) is 5.33. The van der Waals surface area contributed by atoms with Crippen LogP contribution in [-0.4, -0.2) is 46.1 Å². The Labute approximate surface area is 94.0 Å². The van der Waals surface area contributed by atoms with Crippen LogP contribution in [0.2, 0.25) is 0 Å². The standard InChI is InChI=1S/C7H19O6PSi/c1-6(2,13-15)5-7(10-3,11-4)12-14(8)9/h8-9H,5H2,1-4,15H3. The van der Waals surface area contributed by atoms with Crippen LogP contribution in [0.1, 0.15) is 20.3 Å². The second-order valence-electron chi connectivity index (χ2n) is 3.58. The average Bonchev–Trinajstić information content (AvgIpc) is 2.15. The van der Waals surface area contributed by atoms with Crippen molar-refractivity contribution >= 4 is 19.1 Å². The molecule has 0 saturated carbocycles. The summed E-state index contributed by atoms with van der Waals surface area (Å²) in [6.45, 7) is 3.68. The summed E-state index contributed by atoms with van der Waals surface area (Å²) < 4.78 is 20.2. The molecule has 0 aliphatic rings. The van der Waals surface area contributed by atoms with Gasteiger partial charge in [0.25, 0.3) is 5.97 Å². The summed E-state index contributed by atoms with van der Waals surface area (Å²) in [6, 6.07) is 0. The van der Waals surface area contributed by atoms with Crippen molar-refractivity contribution in [1.29, 1.82) is 0 Å².